The van der Waals surface area contributed by atoms with E-state index in [1.165, 1.54) is 0 Å². The number of hydrogen-bond acceptors (Lipinski definition) is 2. The fraction of sp³-hybridized carbons (Fsp3) is 0.111. The lowest BCUT2D eigenvalue weighted by Gasteiger charge is -2.11. The number of carboxylic acid groups (broad SMARTS) is 1. The Morgan fingerprint density at radius 2 is 1.86 bits per heavy atom. The van der Waals surface area contributed by atoms with Crippen LogP contribution in [0.3, 0.4) is 0 Å². The Hall–Kier alpha value is -1.36. The number of halogens is 1. The topological polar surface area (TPSA) is 57.6 Å². The van der Waals surface area contributed by atoms with Crippen LogP contribution in [0.25, 0.3) is 0 Å². The number of carbonyl (C=O) groups excluding carboxylic acids is 1. The molecule has 0 atom stereocenters. The second-order valence-electron chi connectivity index (χ2n) is 2.59. The number of benzene rings is 1. The van der Waals surface area contributed by atoms with Crippen molar-refractivity contribution in [3.05, 3.63) is 35.9 Å². The van der Waals surface area contributed by atoms with Crippen LogP contribution in [0, 0.1) is 0 Å². The molecule has 0 fully saturated rings. The highest BCUT2D eigenvalue weighted by molar-refractivity contribution is 9.07. The predicted molar refractivity (Wildman–Crippen MR) is 54.0 cm³/mol. The van der Waals surface area contributed by atoms with Crippen molar-refractivity contribution in [2.45, 2.75) is 0 Å². The summed E-state index contributed by atoms with van der Waals surface area (Å²) in [5.74, 6) is -1.43. The van der Waals surface area contributed by atoms with Crippen LogP contribution in [-0.4, -0.2) is 27.5 Å². The van der Waals surface area contributed by atoms with Crippen LogP contribution >= 0.6 is 16.1 Å². The minimum absolute atomic E-state index is 0.367. The zero-order valence-corrected chi connectivity index (χ0v) is 8.77. The first-order valence-electron chi connectivity index (χ1n) is 3.85. The van der Waals surface area contributed by atoms with E-state index < -0.39 is 5.97 Å². The summed E-state index contributed by atoms with van der Waals surface area (Å²) in [6.45, 7) is -0.367. The van der Waals surface area contributed by atoms with Crippen molar-refractivity contribution in [2.75, 3.05) is 6.54 Å². The van der Waals surface area contributed by atoms with Crippen LogP contribution in [0.4, 0.5) is 0 Å². The van der Waals surface area contributed by atoms with E-state index in [2.05, 4.69) is 16.1 Å². The Kier molecular flexibility index (Phi) is 3.64. The number of hydrogen-bond donors (Lipinski definition) is 1. The van der Waals surface area contributed by atoms with Crippen LogP contribution in [0.15, 0.2) is 30.3 Å². The van der Waals surface area contributed by atoms with Gasteiger partial charge in [0.05, 0.1) is 16.1 Å². The molecule has 0 unspecified atom stereocenters. The molecule has 0 aliphatic rings. The smallest absolute Gasteiger partial charge is 0.324 e. The van der Waals surface area contributed by atoms with Crippen LogP contribution in [-0.2, 0) is 4.79 Å². The van der Waals surface area contributed by atoms with Gasteiger partial charge in [0.2, 0.25) is 0 Å². The van der Waals surface area contributed by atoms with Crippen molar-refractivity contribution < 1.29 is 14.7 Å². The molecule has 0 aliphatic heterocycles. The monoisotopic (exact) mass is 257 g/mol. The van der Waals surface area contributed by atoms with Gasteiger partial charge in [-0.05, 0) is 12.1 Å². The largest absolute Gasteiger partial charge is 0.480 e. The molecule has 0 saturated carbocycles. The van der Waals surface area contributed by atoms with Gasteiger partial charge in [0.25, 0.3) is 5.91 Å². The summed E-state index contributed by atoms with van der Waals surface area (Å²) in [7, 11) is 0. The van der Waals surface area contributed by atoms with Gasteiger partial charge in [0.15, 0.2) is 0 Å². The van der Waals surface area contributed by atoms with Crippen molar-refractivity contribution in [1.29, 1.82) is 0 Å². The summed E-state index contributed by atoms with van der Waals surface area (Å²) in [4.78, 5) is 21.8. The number of aliphatic carboxylic acids is 1. The summed E-state index contributed by atoms with van der Waals surface area (Å²) < 4.78 is 0.977. The fourth-order valence-corrected chi connectivity index (χ4v) is 1.33. The lowest BCUT2D eigenvalue weighted by molar-refractivity contribution is -0.136. The Labute approximate surface area is 89.5 Å². The van der Waals surface area contributed by atoms with E-state index in [1.54, 1.807) is 30.3 Å². The Balaban J connectivity index is 2.71. The van der Waals surface area contributed by atoms with Crippen molar-refractivity contribution in [1.82, 2.24) is 3.93 Å². The molecule has 5 heteroatoms. The maximum absolute atomic E-state index is 11.5. The quantitative estimate of drug-likeness (QED) is 0.836. The first kappa shape index (κ1) is 10.7. The van der Waals surface area contributed by atoms with E-state index in [9.17, 15) is 9.59 Å². The van der Waals surface area contributed by atoms with Crippen molar-refractivity contribution in [2.24, 2.45) is 0 Å². The van der Waals surface area contributed by atoms with Crippen LogP contribution in [0.5, 0.6) is 0 Å². The molecule has 0 heterocycles. The molecule has 1 N–H and O–H groups in total. The second kappa shape index (κ2) is 4.76. The molecular formula is C9H8BrNO3. The second-order valence-corrected chi connectivity index (χ2v) is 3.44. The molecule has 0 aliphatic carbocycles. The van der Waals surface area contributed by atoms with Crippen molar-refractivity contribution in [3.63, 3.8) is 0 Å². The predicted octanol–water partition coefficient (Wildman–Crippen LogP) is 1.52. The van der Waals surface area contributed by atoms with Gasteiger partial charge in [-0.2, -0.15) is 0 Å². The number of nitrogens with zero attached hydrogens (tertiary/aromatic N) is 1. The molecule has 0 aromatic heterocycles. The summed E-state index contributed by atoms with van der Waals surface area (Å²) >= 11 is 2.88. The summed E-state index contributed by atoms with van der Waals surface area (Å²) in [5.41, 5.74) is 0.450. The van der Waals surface area contributed by atoms with Crippen molar-refractivity contribution >= 4 is 28.0 Å². The molecule has 1 aromatic carbocycles. The molecule has 1 rings (SSSR count). The summed E-state index contributed by atoms with van der Waals surface area (Å²) in [6.07, 6.45) is 0. The molecule has 0 radical (unpaired) electrons. The van der Waals surface area contributed by atoms with Gasteiger partial charge in [-0.3, -0.25) is 13.5 Å². The molecule has 74 valence electrons. The molecule has 14 heavy (non-hydrogen) atoms. The third-order valence-corrected chi connectivity index (χ3v) is 2.09. The van der Waals surface area contributed by atoms with Gasteiger partial charge in [0.1, 0.15) is 6.54 Å². The molecule has 4 nitrogen and oxygen atoms in total. The van der Waals surface area contributed by atoms with Gasteiger partial charge in [-0.25, -0.2) is 0 Å². The normalized spacial score (nSPS) is 9.50. The van der Waals surface area contributed by atoms with Crippen LogP contribution in [0.1, 0.15) is 10.4 Å². The highest BCUT2D eigenvalue weighted by atomic mass is 79.9. The SMILES string of the molecule is O=C(O)CN(Br)C(=O)c1ccccc1. The average molecular weight is 258 g/mol. The molecule has 0 spiro atoms. The molecule has 1 amide bonds. The Morgan fingerprint density at radius 3 is 2.36 bits per heavy atom. The van der Waals surface area contributed by atoms with E-state index in [0.717, 1.165) is 3.93 Å². The first-order valence-corrected chi connectivity index (χ1v) is 4.56. The zero-order valence-electron chi connectivity index (χ0n) is 7.18. The molecule has 0 bridgehead atoms. The third-order valence-electron chi connectivity index (χ3n) is 1.52. The summed E-state index contributed by atoms with van der Waals surface area (Å²) in [6, 6.07) is 8.47. The van der Waals surface area contributed by atoms with Gasteiger partial charge < -0.3 is 5.11 Å². The molecule has 1 aromatic rings. The lowest BCUT2D eigenvalue weighted by atomic mass is 10.2. The average Bonchev–Trinajstić information content (AvgIpc) is 2.17. The van der Waals surface area contributed by atoms with Gasteiger partial charge in [-0.1, -0.05) is 18.2 Å². The van der Waals surface area contributed by atoms with E-state index in [-0.39, 0.29) is 12.5 Å². The van der Waals surface area contributed by atoms with Gasteiger partial charge >= 0.3 is 5.97 Å². The first-order chi connectivity index (χ1) is 6.61. The fourth-order valence-electron chi connectivity index (χ4n) is 0.911. The van der Waals surface area contributed by atoms with E-state index >= 15 is 0 Å². The number of carboxylic acids is 1. The third kappa shape index (κ3) is 2.85. The van der Waals surface area contributed by atoms with Crippen LogP contribution < -0.4 is 0 Å². The minimum atomic E-state index is -1.06. The maximum atomic E-state index is 11.5. The standard InChI is InChI=1S/C9H8BrNO3/c10-11(6-8(12)13)9(14)7-4-2-1-3-5-7/h1-5H,6H2,(H,12,13). The number of carbonyl (C=O) groups is 2. The molecule has 0 saturated heterocycles. The number of amides is 1. The van der Waals surface area contributed by atoms with Crippen LogP contribution in [0.2, 0.25) is 0 Å². The maximum Gasteiger partial charge on any atom is 0.324 e. The Bertz CT molecular complexity index is 339. The Morgan fingerprint density at radius 1 is 1.29 bits per heavy atom. The zero-order chi connectivity index (χ0) is 10.6. The molecular weight excluding hydrogens is 250 g/mol. The van der Waals surface area contributed by atoms with Crippen molar-refractivity contribution in [3.8, 4) is 0 Å². The lowest BCUT2D eigenvalue weighted by Crippen LogP contribution is -2.26. The summed E-state index contributed by atoms with van der Waals surface area (Å²) in [5, 5.41) is 8.46. The number of rotatable bonds is 3. The highest BCUT2D eigenvalue weighted by Gasteiger charge is 2.15. The van der Waals surface area contributed by atoms with E-state index in [0.29, 0.717) is 5.56 Å². The van der Waals surface area contributed by atoms with E-state index in [4.69, 9.17) is 5.11 Å². The van der Waals surface area contributed by atoms with Gasteiger partial charge in [-0.15, -0.1) is 0 Å². The highest BCUT2D eigenvalue weighted by Crippen LogP contribution is 2.07. The minimum Gasteiger partial charge on any atom is -0.480 e. The van der Waals surface area contributed by atoms with Gasteiger partial charge in [0, 0.05) is 5.56 Å². The van der Waals surface area contributed by atoms with E-state index in [1.807, 2.05) is 0 Å².